The zero-order chi connectivity index (χ0) is 41.1. The third-order valence-corrected chi connectivity index (χ3v) is 8.32. The molecule has 0 N–H and O–H groups in total. The number of nitrogens with zero attached hydrogens (tertiary/aromatic N) is 2. The van der Waals surface area contributed by atoms with Crippen LogP contribution in [-0.2, 0) is 64.2 Å². The van der Waals surface area contributed by atoms with Crippen LogP contribution in [0, 0.1) is 5.92 Å². The second kappa shape index (κ2) is 27.3. The molecule has 0 aliphatic carbocycles. The van der Waals surface area contributed by atoms with Crippen LogP contribution in [0.4, 0.5) is 9.59 Å². The lowest BCUT2D eigenvalue weighted by molar-refractivity contribution is -0.191. The molecule has 2 aliphatic rings. The van der Waals surface area contributed by atoms with E-state index >= 15 is 0 Å². The first-order chi connectivity index (χ1) is 27.7. The van der Waals surface area contributed by atoms with Crippen molar-refractivity contribution in [3.05, 3.63) is 144 Å². The first kappa shape index (κ1) is 46.0. The van der Waals surface area contributed by atoms with Gasteiger partial charge in [0.25, 0.3) is 0 Å². The Labute approximate surface area is 336 Å². The Kier molecular flexibility index (Phi) is 22.0. The summed E-state index contributed by atoms with van der Waals surface area (Å²) >= 11 is 0. The second-order valence-corrected chi connectivity index (χ2v) is 13.8. The monoisotopic (exact) mass is 784 g/mol. The quantitative estimate of drug-likeness (QED) is 0.0772. The fourth-order valence-electron chi connectivity index (χ4n) is 5.47. The summed E-state index contributed by atoms with van der Waals surface area (Å²) in [5.74, 6) is 0.0987. The van der Waals surface area contributed by atoms with Gasteiger partial charge in [0.1, 0.15) is 12.7 Å². The first-order valence-corrected chi connectivity index (χ1v) is 19.0. The van der Waals surface area contributed by atoms with Crippen molar-refractivity contribution in [2.24, 2.45) is 5.92 Å². The van der Waals surface area contributed by atoms with E-state index in [9.17, 15) is 9.59 Å². The van der Waals surface area contributed by atoms with Crippen molar-refractivity contribution in [2.45, 2.75) is 65.3 Å². The van der Waals surface area contributed by atoms with E-state index in [1.165, 1.54) is 29.4 Å². The topological polar surface area (TPSA) is 137 Å². The summed E-state index contributed by atoms with van der Waals surface area (Å²) in [5.41, 5.74) is 5.17. The van der Waals surface area contributed by atoms with Gasteiger partial charge in [-0.05, 0) is 36.1 Å². The molecule has 12 heteroatoms. The number of hydrogen-bond acceptors (Lipinski definition) is 12. The summed E-state index contributed by atoms with van der Waals surface area (Å²) in [5, 5.41) is 0. The van der Waals surface area contributed by atoms with E-state index in [0.717, 1.165) is 52.5 Å². The number of methoxy groups -OCH3 is 1. The van der Waals surface area contributed by atoms with Crippen LogP contribution < -0.4 is 0 Å². The minimum Gasteiger partial charge on any atom is -0.438 e. The number of ether oxygens (including phenoxy) is 6. The number of hydrogen-bond donors (Lipinski definition) is 0. The molecule has 2 aliphatic heterocycles. The van der Waals surface area contributed by atoms with Crippen molar-refractivity contribution in [3.8, 4) is 0 Å². The van der Waals surface area contributed by atoms with E-state index in [1.54, 1.807) is 6.92 Å². The molecule has 2 fully saturated rings. The average Bonchev–Trinajstić information content (AvgIpc) is 4.17. The standard InChI is InChI=1S/C24H31NO6.C17H19NO.C3H6O.CO2/c1-19(17-29-24(27)31-20(2)18-30-23(26)28-3)14-25(15-21-10-6-4-7-11-21)16-22-12-8-5-9-13-22;1-3-7-15(8-4-1)11-18(13-17-14-19-17)12-16-9-5-2-6-10-16;1-3-2-4-3;2-1-3/h4-13,19-20H,14-18H2,1-3H3;1-10,17H,11-14H2;3H,2H2,1H3;. The lowest BCUT2D eigenvalue weighted by Gasteiger charge is -2.26. The number of rotatable bonds is 17. The summed E-state index contributed by atoms with van der Waals surface area (Å²) in [6.07, 6.45) is -0.971. The Morgan fingerprint density at radius 3 is 1.37 bits per heavy atom. The first-order valence-electron chi connectivity index (χ1n) is 19.0. The Bertz CT molecular complexity index is 1600. The van der Waals surface area contributed by atoms with E-state index in [-0.39, 0.29) is 25.3 Å². The molecule has 6 rings (SSSR count). The van der Waals surface area contributed by atoms with Gasteiger partial charge in [-0.2, -0.15) is 9.59 Å². The molecule has 0 radical (unpaired) electrons. The molecule has 306 valence electrons. The third kappa shape index (κ3) is 22.7. The summed E-state index contributed by atoms with van der Waals surface area (Å²) < 4.78 is 29.5. The Balaban J connectivity index is 0.000000280. The molecule has 12 nitrogen and oxygen atoms in total. The van der Waals surface area contributed by atoms with Crippen molar-refractivity contribution >= 4 is 18.5 Å². The number of carbonyl (C=O) groups excluding carboxylic acids is 4. The molecule has 2 heterocycles. The van der Waals surface area contributed by atoms with Crippen molar-refractivity contribution in [3.63, 3.8) is 0 Å². The minimum absolute atomic E-state index is 0.0980. The fraction of sp³-hybridized carbons (Fsp3) is 0.400. The van der Waals surface area contributed by atoms with Crippen molar-refractivity contribution in [1.29, 1.82) is 0 Å². The second-order valence-electron chi connectivity index (χ2n) is 13.8. The molecule has 0 spiro atoms. The maximum atomic E-state index is 11.9. The molecular weight excluding hydrogens is 728 g/mol. The summed E-state index contributed by atoms with van der Waals surface area (Å²) in [7, 11) is 1.21. The van der Waals surface area contributed by atoms with Crippen LogP contribution in [0.2, 0.25) is 0 Å². The molecule has 0 saturated carbocycles. The Morgan fingerprint density at radius 1 is 0.649 bits per heavy atom. The third-order valence-electron chi connectivity index (χ3n) is 8.32. The molecule has 4 unspecified atom stereocenters. The van der Waals surface area contributed by atoms with Crippen molar-refractivity contribution in [2.75, 3.05) is 46.6 Å². The van der Waals surface area contributed by atoms with Gasteiger partial charge in [-0.3, -0.25) is 9.80 Å². The summed E-state index contributed by atoms with van der Waals surface area (Å²) in [4.78, 5) is 43.9. The predicted molar refractivity (Wildman–Crippen MR) is 214 cm³/mol. The molecule has 57 heavy (non-hydrogen) atoms. The molecule has 4 aromatic rings. The van der Waals surface area contributed by atoms with Crippen LogP contribution in [0.15, 0.2) is 121 Å². The van der Waals surface area contributed by atoms with Crippen LogP contribution >= 0.6 is 0 Å². The lowest BCUT2D eigenvalue weighted by atomic mass is 10.1. The van der Waals surface area contributed by atoms with E-state index in [2.05, 4.69) is 106 Å². The fourth-order valence-corrected chi connectivity index (χ4v) is 5.47. The van der Waals surface area contributed by atoms with E-state index in [0.29, 0.717) is 12.2 Å². The number of carbonyl (C=O) groups is 2. The van der Waals surface area contributed by atoms with Crippen LogP contribution in [-0.4, -0.2) is 93.2 Å². The highest BCUT2D eigenvalue weighted by molar-refractivity contribution is 5.60. The molecule has 2 saturated heterocycles. The maximum Gasteiger partial charge on any atom is 0.508 e. The number of benzene rings is 4. The minimum atomic E-state index is -0.825. The summed E-state index contributed by atoms with van der Waals surface area (Å²) in [6, 6.07) is 41.8. The molecule has 4 aromatic carbocycles. The SMILES string of the molecule is CC1CO1.COC(=O)OCC(C)OC(=O)OCC(C)CN(Cc1ccccc1)Cc1ccccc1.O=C=O.c1ccc(CN(Cc2ccccc2)CC2CO2)cc1. The predicted octanol–water partition coefficient (Wildman–Crippen LogP) is 7.56. The van der Waals surface area contributed by atoms with Crippen LogP contribution in [0.1, 0.15) is 43.0 Å². The van der Waals surface area contributed by atoms with Gasteiger partial charge in [-0.1, -0.05) is 128 Å². The largest absolute Gasteiger partial charge is 0.508 e. The highest BCUT2D eigenvalue weighted by Crippen LogP contribution is 2.17. The van der Waals surface area contributed by atoms with Gasteiger partial charge in [-0.15, -0.1) is 0 Å². The van der Waals surface area contributed by atoms with Gasteiger partial charge < -0.3 is 28.4 Å². The van der Waals surface area contributed by atoms with Gasteiger partial charge in [0.05, 0.1) is 39.1 Å². The molecular formula is C45H56N2O10. The van der Waals surface area contributed by atoms with Gasteiger partial charge in [0, 0.05) is 45.2 Å². The van der Waals surface area contributed by atoms with Crippen LogP contribution in [0.5, 0.6) is 0 Å². The van der Waals surface area contributed by atoms with Crippen molar-refractivity contribution in [1.82, 2.24) is 9.80 Å². The van der Waals surface area contributed by atoms with Crippen LogP contribution in [0.3, 0.4) is 0 Å². The normalized spacial score (nSPS) is 15.7. The van der Waals surface area contributed by atoms with Crippen molar-refractivity contribution < 1.29 is 47.6 Å². The Hall–Kier alpha value is -5.36. The van der Waals surface area contributed by atoms with Gasteiger partial charge in [0.15, 0.2) is 0 Å². The zero-order valence-corrected chi connectivity index (χ0v) is 33.4. The lowest BCUT2D eigenvalue weighted by Crippen LogP contribution is -2.31. The molecule has 0 aromatic heterocycles. The smallest absolute Gasteiger partial charge is 0.438 e. The van der Waals surface area contributed by atoms with E-state index in [1.807, 2.05) is 43.3 Å². The zero-order valence-electron chi connectivity index (χ0n) is 33.4. The van der Waals surface area contributed by atoms with Gasteiger partial charge >= 0.3 is 18.5 Å². The molecule has 0 bridgehead atoms. The maximum absolute atomic E-state index is 11.9. The molecule has 4 atom stereocenters. The summed E-state index contributed by atoms with van der Waals surface area (Å²) in [6.45, 7) is 13.0. The number of epoxide rings is 2. The van der Waals surface area contributed by atoms with E-state index in [4.69, 9.17) is 33.3 Å². The average molecular weight is 785 g/mol. The van der Waals surface area contributed by atoms with Gasteiger partial charge in [0.2, 0.25) is 0 Å². The Morgan fingerprint density at radius 2 is 1.02 bits per heavy atom. The van der Waals surface area contributed by atoms with E-state index < -0.39 is 18.4 Å². The highest BCUT2D eigenvalue weighted by Gasteiger charge is 2.25. The molecule has 0 amide bonds. The van der Waals surface area contributed by atoms with Gasteiger partial charge in [-0.25, -0.2) is 9.59 Å². The van der Waals surface area contributed by atoms with Crippen LogP contribution in [0.25, 0.3) is 0 Å². The highest BCUT2D eigenvalue weighted by atomic mass is 16.7.